The van der Waals surface area contributed by atoms with E-state index in [1.807, 2.05) is 6.92 Å². The molecule has 3 rings (SSSR count). The van der Waals surface area contributed by atoms with Crippen LogP contribution in [0.15, 0.2) is 24.3 Å². The highest BCUT2D eigenvalue weighted by Crippen LogP contribution is 2.38. The molecule has 144 valence electrons. The van der Waals surface area contributed by atoms with Crippen LogP contribution in [0.2, 0.25) is 0 Å². The standard InChI is InChI=1S/C19H24N4O4/c1-12-5-3-4-10-19(12)17(26)23(18(27)22-19)11-16(25)21-15-8-6-14(7-9-15)20-13(2)24/h6-9,12H,3-5,10-11H2,1-2H3,(H,20,24)(H,21,25)(H,22,27)/t12-,19+/m1/s1. The highest BCUT2D eigenvalue weighted by atomic mass is 16.2. The molecule has 0 bridgehead atoms. The van der Waals surface area contributed by atoms with E-state index >= 15 is 0 Å². The van der Waals surface area contributed by atoms with E-state index in [1.54, 1.807) is 24.3 Å². The third-order valence-electron chi connectivity index (χ3n) is 5.29. The Morgan fingerprint density at radius 2 is 1.78 bits per heavy atom. The van der Waals surface area contributed by atoms with Crippen LogP contribution in [0.4, 0.5) is 16.2 Å². The lowest BCUT2D eigenvalue weighted by atomic mass is 9.73. The third kappa shape index (κ3) is 3.79. The molecule has 0 radical (unpaired) electrons. The first-order valence-electron chi connectivity index (χ1n) is 9.13. The number of nitrogens with one attached hydrogen (secondary N) is 3. The van der Waals surface area contributed by atoms with Crippen LogP contribution in [0, 0.1) is 5.92 Å². The van der Waals surface area contributed by atoms with Crippen molar-refractivity contribution in [1.82, 2.24) is 10.2 Å². The molecular weight excluding hydrogens is 348 g/mol. The molecule has 2 aliphatic rings. The van der Waals surface area contributed by atoms with E-state index < -0.39 is 17.5 Å². The summed E-state index contributed by atoms with van der Waals surface area (Å²) in [5, 5.41) is 8.13. The average molecular weight is 372 g/mol. The number of amides is 5. The van der Waals surface area contributed by atoms with E-state index in [2.05, 4.69) is 16.0 Å². The fourth-order valence-corrected chi connectivity index (χ4v) is 3.82. The van der Waals surface area contributed by atoms with Gasteiger partial charge in [0.15, 0.2) is 0 Å². The van der Waals surface area contributed by atoms with Gasteiger partial charge in [0.25, 0.3) is 5.91 Å². The normalized spacial score (nSPS) is 24.7. The number of anilines is 2. The molecule has 1 heterocycles. The van der Waals surface area contributed by atoms with E-state index in [-0.39, 0.29) is 24.3 Å². The molecule has 1 aliphatic carbocycles. The van der Waals surface area contributed by atoms with Gasteiger partial charge in [0, 0.05) is 18.3 Å². The van der Waals surface area contributed by atoms with Crippen LogP contribution in [-0.2, 0) is 14.4 Å². The van der Waals surface area contributed by atoms with Crippen LogP contribution in [0.25, 0.3) is 0 Å². The van der Waals surface area contributed by atoms with Crippen molar-refractivity contribution in [2.24, 2.45) is 5.92 Å². The molecule has 2 atom stereocenters. The Morgan fingerprint density at radius 1 is 1.15 bits per heavy atom. The molecule has 1 saturated carbocycles. The molecule has 1 spiro atoms. The van der Waals surface area contributed by atoms with Gasteiger partial charge < -0.3 is 16.0 Å². The van der Waals surface area contributed by atoms with Gasteiger partial charge in [-0.25, -0.2) is 4.79 Å². The molecule has 0 aromatic heterocycles. The Hall–Kier alpha value is -2.90. The lowest BCUT2D eigenvalue weighted by Crippen LogP contribution is -2.54. The van der Waals surface area contributed by atoms with Crippen molar-refractivity contribution in [3.05, 3.63) is 24.3 Å². The predicted octanol–water partition coefficient (Wildman–Crippen LogP) is 2.08. The maximum Gasteiger partial charge on any atom is 0.325 e. The minimum Gasteiger partial charge on any atom is -0.326 e. The number of imide groups is 1. The van der Waals surface area contributed by atoms with Crippen molar-refractivity contribution in [3.8, 4) is 0 Å². The molecule has 5 amide bonds. The Kier molecular flexibility index (Phi) is 5.16. The molecule has 1 saturated heterocycles. The van der Waals surface area contributed by atoms with Crippen molar-refractivity contribution in [2.75, 3.05) is 17.2 Å². The summed E-state index contributed by atoms with van der Waals surface area (Å²) in [5.74, 6) is -0.893. The predicted molar refractivity (Wildman–Crippen MR) is 100.0 cm³/mol. The first kappa shape index (κ1) is 18.9. The number of hydrogen-bond donors (Lipinski definition) is 3. The summed E-state index contributed by atoms with van der Waals surface area (Å²) in [6, 6.07) is 6.08. The quantitative estimate of drug-likeness (QED) is 0.703. The molecule has 8 nitrogen and oxygen atoms in total. The highest BCUT2D eigenvalue weighted by molar-refractivity contribution is 6.10. The van der Waals surface area contributed by atoms with Gasteiger partial charge in [-0.3, -0.25) is 19.3 Å². The Morgan fingerprint density at radius 3 is 2.37 bits per heavy atom. The van der Waals surface area contributed by atoms with E-state index in [1.165, 1.54) is 6.92 Å². The summed E-state index contributed by atoms with van der Waals surface area (Å²) in [4.78, 5) is 49.5. The summed E-state index contributed by atoms with van der Waals surface area (Å²) in [7, 11) is 0. The van der Waals surface area contributed by atoms with Crippen LogP contribution in [-0.4, -0.2) is 40.7 Å². The summed E-state index contributed by atoms with van der Waals surface area (Å²) in [6.07, 6.45) is 3.42. The largest absolute Gasteiger partial charge is 0.326 e. The average Bonchev–Trinajstić information content (AvgIpc) is 2.84. The second-order valence-corrected chi connectivity index (χ2v) is 7.25. The molecule has 1 aromatic carbocycles. The number of carbonyl (C=O) groups excluding carboxylic acids is 4. The van der Waals surface area contributed by atoms with Gasteiger partial charge in [0.05, 0.1) is 0 Å². The first-order valence-corrected chi connectivity index (χ1v) is 9.13. The second-order valence-electron chi connectivity index (χ2n) is 7.25. The number of hydrogen-bond acceptors (Lipinski definition) is 4. The van der Waals surface area contributed by atoms with Crippen molar-refractivity contribution in [3.63, 3.8) is 0 Å². The molecule has 1 aliphatic heterocycles. The zero-order valence-corrected chi connectivity index (χ0v) is 15.5. The minimum absolute atomic E-state index is 0.0529. The first-order chi connectivity index (χ1) is 12.8. The van der Waals surface area contributed by atoms with Crippen molar-refractivity contribution in [1.29, 1.82) is 0 Å². The number of carbonyl (C=O) groups is 4. The molecule has 0 unspecified atom stereocenters. The van der Waals surface area contributed by atoms with Crippen LogP contribution >= 0.6 is 0 Å². The number of urea groups is 1. The van der Waals surface area contributed by atoms with Crippen LogP contribution in [0.3, 0.4) is 0 Å². The Bertz CT molecular complexity index is 776. The number of benzene rings is 1. The zero-order valence-electron chi connectivity index (χ0n) is 15.5. The molecule has 27 heavy (non-hydrogen) atoms. The smallest absolute Gasteiger partial charge is 0.325 e. The van der Waals surface area contributed by atoms with Crippen LogP contribution in [0.1, 0.15) is 39.5 Å². The van der Waals surface area contributed by atoms with Crippen molar-refractivity contribution >= 4 is 35.1 Å². The van der Waals surface area contributed by atoms with Crippen molar-refractivity contribution in [2.45, 2.75) is 45.1 Å². The van der Waals surface area contributed by atoms with Gasteiger partial charge in [-0.05, 0) is 43.0 Å². The zero-order chi connectivity index (χ0) is 19.6. The molecule has 8 heteroatoms. The maximum atomic E-state index is 12.9. The van der Waals surface area contributed by atoms with E-state index in [4.69, 9.17) is 0 Å². The molecule has 1 aromatic rings. The van der Waals surface area contributed by atoms with Gasteiger partial charge in [-0.1, -0.05) is 19.8 Å². The molecular formula is C19H24N4O4. The summed E-state index contributed by atoms with van der Waals surface area (Å²) >= 11 is 0. The van der Waals surface area contributed by atoms with Crippen LogP contribution in [0.5, 0.6) is 0 Å². The summed E-state index contributed by atoms with van der Waals surface area (Å²) in [5.41, 5.74) is 0.264. The second kappa shape index (κ2) is 7.38. The number of rotatable bonds is 4. The highest BCUT2D eigenvalue weighted by Gasteiger charge is 2.55. The lowest BCUT2D eigenvalue weighted by molar-refractivity contribution is -0.136. The van der Waals surface area contributed by atoms with Gasteiger partial charge in [0.2, 0.25) is 11.8 Å². The monoisotopic (exact) mass is 372 g/mol. The Labute approximate surface area is 157 Å². The van der Waals surface area contributed by atoms with Crippen LogP contribution < -0.4 is 16.0 Å². The molecule has 2 fully saturated rings. The van der Waals surface area contributed by atoms with Gasteiger partial charge in [-0.2, -0.15) is 0 Å². The SMILES string of the molecule is CC(=O)Nc1ccc(NC(=O)CN2C(=O)N[C@]3(CCCC[C@H]3C)C2=O)cc1. The topological polar surface area (TPSA) is 108 Å². The van der Waals surface area contributed by atoms with Gasteiger partial charge in [0.1, 0.15) is 12.1 Å². The molecule has 3 N–H and O–H groups in total. The van der Waals surface area contributed by atoms with Gasteiger partial charge in [-0.15, -0.1) is 0 Å². The maximum absolute atomic E-state index is 12.9. The summed E-state index contributed by atoms with van der Waals surface area (Å²) < 4.78 is 0. The fourth-order valence-electron chi connectivity index (χ4n) is 3.82. The van der Waals surface area contributed by atoms with Crippen molar-refractivity contribution < 1.29 is 19.2 Å². The summed E-state index contributed by atoms with van der Waals surface area (Å²) in [6.45, 7) is 3.05. The fraction of sp³-hybridized carbons (Fsp3) is 0.474. The number of nitrogens with zero attached hydrogens (tertiary/aromatic N) is 1. The van der Waals surface area contributed by atoms with Gasteiger partial charge >= 0.3 is 6.03 Å². The Balaban J connectivity index is 1.63. The lowest BCUT2D eigenvalue weighted by Gasteiger charge is -2.36. The van der Waals surface area contributed by atoms with E-state index in [0.717, 1.165) is 24.2 Å². The van der Waals surface area contributed by atoms with E-state index in [0.29, 0.717) is 17.8 Å². The minimum atomic E-state index is -0.865. The third-order valence-corrected chi connectivity index (χ3v) is 5.29. The van der Waals surface area contributed by atoms with E-state index in [9.17, 15) is 19.2 Å².